The van der Waals surface area contributed by atoms with E-state index in [0.29, 0.717) is 11.8 Å². The maximum Gasteiger partial charge on any atom is 0.167 e. The normalized spacial score (nSPS) is 17.1. The molecule has 1 fully saturated rings. The molecular formula is C16H18N4S. The highest BCUT2D eigenvalue weighted by Gasteiger charge is 2.38. The van der Waals surface area contributed by atoms with Crippen LogP contribution in [0.2, 0.25) is 0 Å². The summed E-state index contributed by atoms with van der Waals surface area (Å²) in [6.07, 6.45) is 6.02. The van der Waals surface area contributed by atoms with Crippen LogP contribution in [0.5, 0.6) is 0 Å². The van der Waals surface area contributed by atoms with E-state index in [1.54, 1.807) is 18.0 Å². The van der Waals surface area contributed by atoms with Crippen LogP contribution in [-0.4, -0.2) is 21.3 Å². The zero-order valence-electron chi connectivity index (χ0n) is 12.0. The lowest BCUT2D eigenvalue weighted by Crippen LogP contribution is -2.44. The van der Waals surface area contributed by atoms with Crippen molar-refractivity contribution in [1.82, 2.24) is 14.9 Å². The second kappa shape index (κ2) is 5.92. The smallest absolute Gasteiger partial charge is 0.167 e. The fourth-order valence-corrected chi connectivity index (χ4v) is 3.36. The van der Waals surface area contributed by atoms with Gasteiger partial charge in [0.1, 0.15) is 5.54 Å². The van der Waals surface area contributed by atoms with Gasteiger partial charge in [-0.25, -0.2) is 4.98 Å². The standard InChI is InChI=1S/C16H18N4S/c1-20-10-9-18-15(20)21-12-16(11-17,19-14-7-8-14)13-5-3-2-4-6-13/h2-6,9-10,14,19H,7-8,12H2,1H3. The third kappa shape index (κ3) is 3.12. The van der Waals surface area contributed by atoms with Gasteiger partial charge in [0, 0.05) is 31.2 Å². The summed E-state index contributed by atoms with van der Waals surface area (Å²) in [6, 6.07) is 13.0. The van der Waals surface area contributed by atoms with Crippen molar-refractivity contribution in [2.75, 3.05) is 5.75 Å². The van der Waals surface area contributed by atoms with E-state index in [9.17, 15) is 5.26 Å². The Hall–Kier alpha value is -1.77. The molecule has 1 aromatic heterocycles. The Bertz CT molecular complexity index is 642. The van der Waals surface area contributed by atoms with Crippen molar-refractivity contribution in [3.05, 3.63) is 48.3 Å². The van der Waals surface area contributed by atoms with Crippen molar-refractivity contribution >= 4 is 11.8 Å². The molecule has 1 heterocycles. The van der Waals surface area contributed by atoms with E-state index in [0.717, 1.165) is 23.6 Å². The molecule has 1 atom stereocenters. The Morgan fingerprint density at radius 3 is 2.76 bits per heavy atom. The van der Waals surface area contributed by atoms with Gasteiger partial charge in [-0.15, -0.1) is 0 Å². The number of hydrogen-bond acceptors (Lipinski definition) is 4. The fourth-order valence-electron chi connectivity index (χ4n) is 2.30. The Morgan fingerprint density at radius 2 is 2.19 bits per heavy atom. The summed E-state index contributed by atoms with van der Waals surface area (Å²) in [4.78, 5) is 4.33. The Kier molecular flexibility index (Phi) is 4.00. The summed E-state index contributed by atoms with van der Waals surface area (Å²) >= 11 is 1.62. The molecule has 0 saturated heterocycles. The van der Waals surface area contributed by atoms with E-state index in [2.05, 4.69) is 16.4 Å². The molecule has 0 amide bonds. The van der Waals surface area contributed by atoms with Crippen LogP contribution < -0.4 is 5.32 Å². The minimum atomic E-state index is -0.654. The number of nitriles is 1. The van der Waals surface area contributed by atoms with Gasteiger partial charge in [0.15, 0.2) is 5.16 Å². The number of imidazole rings is 1. The second-order valence-corrected chi connectivity index (χ2v) is 6.35. The summed E-state index contributed by atoms with van der Waals surface area (Å²) in [5, 5.41) is 14.3. The Labute approximate surface area is 129 Å². The van der Waals surface area contributed by atoms with Crippen LogP contribution in [0, 0.1) is 11.3 Å². The number of thioether (sulfide) groups is 1. The summed E-state index contributed by atoms with van der Waals surface area (Å²) in [6.45, 7) is 0. The molecule has 21 heavy (non-hydrogen) atoms. The van der Waals surface area contributed by atoms with Crippen LogP contribution in [0.1, 0.15) is 18.4 Å². The van der Waals surface area contributed by atoms with Crippen LogP contribution in [-0.2, 0) is 12.6 Å². The fraction of sp³-hybridized carbons (Fsp3) is 0.375. The summed E-state index contributed by atoms with van der Waals surface area (Å²) in [5.41, 5.74) is 0.375. The molecule has 108 valence electrons. The molecule has 5 heteroatoms. The quantitative estimate of drug-likeness (QED) is 0.833. The highest BCUT2D eigenvalue weighted by atomic mass is 32.2. The van der Waals surface area contributed by atoms with Crippen molar-refractivity contribution in [2.45, 2.75) is 29.6 Å². The first-order valence-electron chi connectivity index (χ1n) is 7.08. The molecule has 3 rings (SSSR count). The molecule has 2 aromatic rings. The van der Waals surface area contributed by atoms with Crippen LogP contribution in [0.25, 0.3) is 0 Å². The van der Waals surface area contributed by atoms with Crippen LogP contribution in [0.3, 0.4) is 0 Å². The number of nitrogens with zero attached hydrogens (tertiary/aromatic N) is 3. The molecule has 1 aliphatic carbocycles. The van der Waals surface area contributed by atoms with Crippen molar-refractivity contribution < 1.29 is 0 Å². The molecular weight excluding hydrogens is 280 g/mol. The third-order valence-corrected chi connectivity index (χ3v) is 4.91. The SMILES string of the molecule is Cn1ccnc1SCC(C#N)(NC1CC1)c1ccccc1. The molecule has 1 saturated carbocycles. The van der Waals surface area contributed by atoms with Crippen LogP contribution >= 0.6 is 11.8 Å². The third-order valence-electron chi connectivity index (χ3n) is 3.68. The molecule has 1 N–H and O–H groups in total. The van der Waals surface area contributed by atoms with Gasteiger partial charge in [-0.1, -0.05) is 42.1 Å². The van der Waals surface area contributed by atoms with E-state index in [4.69, 9.17) is 0 Å². The minimum absolute atomic E-state index is 0.465. The first kappa shape index (κ1) is 14.2. The maximum atomic E-state index is 9.85. The van der Waals surface area contributed by atoms with Crippen LogP contribution in [0.15, 0.2) is 47.9 Å². The average Bonchev–Trinajstić information content (AvgIpc) is 3.25. The summed E-state index contributed by atoms with van der Waals surface area (Å²) < 4.78 is 1.98. The lowest BCUT2D eigenvalue weighted by Gasteiger charge is -2.28. The summed E-state index contributed by atoms with van der Waals surface area (Å²) in [5.74, 6) is 0.648. The highest BCUT2D eigenvalue weighted by molar-refractivity contribution is 7.99. The Balaban J connectivity index is 1.85. The largest absolute Gasteiger partial charge is 0.329 e. The lowest BCUT2D eigenvalue weighted by molar-refractivity contribution is 0.469. The topological polar surface area (TPSA) is 53.6 Å². The average molecular weight is 298 g/mol. The lowest BCUT2D eigenvalue weighted by atomic mass is 9.93. The number of hydrogen-bond donors (Lipinski definition) is 1. The zero-order chi connectivity index (χ0) is 14.7. The van der Waals surface area contributed by atoms with Crippen molar-refractivity contribution in [3.8, 4) is 6.07 Å². The molecule has 4 nitrogen and oxygen atoms in total. The van der Waals surface area contributed by atoms with Gasteiger partial charge in [-0.3, -0.25) is 5.32 Å². The van der Waals surface area contributed by atoms with Gasteiger partial charge in [0.05, 0.1) is 6.07 Å². The van der Waals surface area contributed by atoms with Crippen molar-refractivity contribution in [1.29, 1.82) is 5.26 Å². The number of rotatable bonds is 6. The molecule has 0 aliphatic heterocycles. The predicted octanol–water partition coefficient (Wildman–Crippen LogP) is 2.68. The monoisotopic (exact) mass is 298 g/mol. The first-order chi connectivity index (χ1) is 10.2. The van der Waals surface area contributed by atoms with Crippen molar-refractivity contribution in [3.63, 3.8) is 0 Å². The van der Waals surface area contributed by atoms with E-state index < -0.39 is 5.54 Å². The van der Waals surface area contributed by atoms with Crippen molar-refractivity contribution in [2.24, 2.45) is 7.05 Å². The minimum Gasteiger partial charge on any atom is -0.329 e. The van der Waals surface area contributed by atoms with Gasteiger partial charge in [0.2, 0.25) is 0 Å². The van der Waals surface area contributed by atoms with Gasteiger partial charge >= 0.3 is 0 Å². The maximum absolute atomic E-state index is 9.85. The van der Waals surface area contributed by atoms with Gasteiger partial charge in [-0.05, 0) is 18.4 Å². The molecule has 0 bridgehead atoms. The van der Waals surface area contributed by atoms with E-state index in [1.165, 1.54) is 0 Å². The number of benzene rings is 1. The van der Waals surface area contributed by atoms with Gasteiger partial charge in [0.25, 0.3) is 0 Å². The summed E-state index contributed by atoms with van der Waals surface area (Å²) in [7, 11) is 1.97. The first-order valence-corrected chi connectivity index (χ1v) is 8.07. The molecule has 0 spiro atoms. The number of aryl methyl sites for hydroxylation is 1. The number of aromatic nitrogens is 2. The molecule has 1 unspecified atom stereocenters. The van der Waals surface area contributed by atoms with Crippen LogP contribution in [0.4, 0.5) is 0 Å². The van der Waals surface area contributed by atoms with Gasteiger partial charge in [-0.2, -0.15) is 5.26 Å². The zero-order valence-corrected chi connectivity index (χ0v) is 12.8. The molecule has 1 aromatic carbocycles. The molecule has 1 aliphatic rings. The van der Waals surface area contributed by atoms with E-state index >= 15 is 0 Å². The highest BCUT2D eigenvalue weighted by Crippen LogP contribution is 2.33. The van der Waals surface area contributed by atoms with E-state index in [1.807, 2.05) is 48.1 Å². The molecule has 0 radical (unpaired) electrons. The number of nitrogens with one attached hydrogen (secondary N) is 1. The Morgan fingerprint density at radius 1 is 1.43 bits per heavy atom. The second-order valence-electron chi connectivity index (χ2n) is 5.41. The predicted molar refractivity (Wildman–Crippen MR) is 83.8 cm³/mol. The van der Waals surface area contributed by atoms with E-state index in [-0.39, 0.29) is 0 Å². The van der Waals surface area contributed by atoms with Gasteiger partial charge < -0.3 is 4.57 Å².